The molecule has 0 radical (unpaired) electrons. The van der Waals surface area contributed by atoms with Gasteiger partial charge in [-0.3, -0.25) is 0 Å². The predicted octanol–water partition coefficient (Wildman–Crippen LogP) is 6.17. The Hall–Kier alpha value is -2.64. The van der Waals surface area contributed by atoms with Gasteiger partial charge in [0.25, 0.3) is 0 Å². The molecule has 1 aromatic heterocycles. The van der Waals surface area contributed by atoms with Gasteiger partial charge in [-0.25, -0.2) is 12.8 Å². The van der Waals surface area contributed by atoms with Crippen molar-refractivity contribution in [2.24, 2.45) is 5.41 Å². The van der Waals surface area contributed by atoms with Crippen molar-refractivity contribution in [3.63, 3.8) is 0 Å². The lowest BCUT2D eigenvalue weighted by Crippen LogP contribution is -2.39. The fourth-order valence-electron chi connectivity index (χ4n) is 4.33. The summed E-state index contributed by atoms with van der Waals surface area (Å²) >= 11 is 0. The number of hydrogen-bond donors (Lipinski definition) is 2. The zero-order chi connectivity index (χ0) is 28.3. The Morgan fingerprint density at radius 2 is 1.68 bits per heavy atom. The third-order valence-electron chi connectivity index (χ3n) is 6.43. The van der Waals surface area contributed by atoms with E-state index in [1.54, 1.807) is 18.6 Å². The third kappa shape index (κ3) is 5.69. The molecule has 2 N–H and O–H groups in total. The summed E-state index contributed by atoms with van der Waals surface area (Å²) in [7, 11) is -4.34. The minimum absolute atomic E-state index is 0.0465. The van der Waals surface area contributed by atoms with Gasteiger partial charge in [0.2, 0.25) is 10.0 Å². The van der Waals surface area contributed by atoms with Gasteiger partial charge in [0, 0.05) is 46.8 Å². The molecular weight excluding hydrogens is 541 g/mol. The molecule has 38 heavy (non-hydrogen) atoms. The van der Waals surface area contributed by atoms with Crippen LogP contribution in [0.3, 0.4) is 0 Å². The summed E-state index contributed by atoms with van der Waals surface area (Å²) in [4.78, 5) is 0. The van der Waals surface area contributed by atoms with E-state index in [1.807, 2.05) is 0 Å². The van der Waals surface area contributed by atoms with Gasteiger partial charge in [0.15, 0.2) is 0 Å². The highest BCUT2D eigenvalue weighted by atomic mass is 32.2. The molecule has 1 unspecified atom stereocenters. The van der Waals surface area contributed by atoms with Crippen LogP contribution in [0.5, 0.6) is 0 Å². The molecule has 1 aliphatic rings. The van der Waals surface area contributed by atoms with E-state index >= 15 is 4.39 Å². The van der Waals surface area contributed by atoms with Gasteiger partial charge < -0.3 is 9.67 Å². The lowest BCUT2D eigenvalue weighted by Gasteiger charge is -2.23. The monoisotopic (exact) mass is 566 g/mol. The first-order valence-electron chi connectivity index (χ1n) is 11.6. The van der Waals surface area contributed by atoms with Crippen LogP contribution in [0.1, 0.15) is 43.9 Å². The van der Waals surface area contributed by atoms with Crippen LogP contribution in [0.25, 0.3) is 22.0 Å². The first kappa shape index (κ1) is 28.4. The first-order valence-corrected chi connectivity index (χ1v) is 13.2. The first-order chi connectivity index (χ1) is 17.4. The summed E-state index contributed by atoms with van der Waals surface area (Å²) < 4.78 is 127. The zero-order valence-corrected chi connectivity index (χ0v) is 21.1. The molecule has 208 valence electrons. The molecule has 5 nitrogen and oxygen atoms in total. The maximum Gasteiger partial charge on any atom is 0.417 e. The van der Waals surface area contributed by atoms with Gasteiger partial charge in [-0.2, -0.15) is 31.1 Å². The molecule has 2 aromatic carbocycles. The smallest absolute Gasteiger partial charge is 0.396 e. The van der Waals surface area contributed by atoms with Crippen molar-refractivity contribution in [1.82, 2.24) is 9.29 Å². The largest absolute Gasteiger partial charge is 0.417 e. The topological polar surface area (TPSA) is 71.3 Å². The Bertz CT molecular complexity index is 1460. The van der Waals surface area contributed by atoms with Crippen LogP contribution < -0.4 is 4.72 Å². The second-order valence-corrected chi connectivity index (χ2v) is 12.3. The number of halogens is 7. The Morgan fingerprint density at radius 3 is 2.24 bits per heavy atom. The number of nitrogens with one attached hydrogen (secondary N) is 1. The van der Waals surface area contributed by atoms with E-state index in [2.05, 4.69) is 0 Å². The van der Waals surface area contributed by atoms with E-state index < -0.39 is 67.2 Å². The fourth-order valence-corrected chi connectivity index (χ4v) is 5.86. The van der Waals surface area contributed by atoms with Crippen LogP contribution >= 0.6 is 0 Å². The number of fused-ring (bicyclic) bond motifs is 1. The number of aliphatic hydroxyl groups is 1. The average Bonchev–Trinajstić information content (AvgIpc) is 3.61. The molecule has 3 aromatic rings. The van der Waals surface area contributed by atoms with Gasteiger partial charge in [0.05, 0.1) is 10.8 Å². The summed E-state index contributed by atoms with van der Waals surface area (Å²) in [6.45, 7) is 2.74. The van der Waals surface area contributed by atoms with Gasteiger partial charge in [-0.1, -0.05) is 32.0 Å². The van der Waals surface area contributed by atoms with Gasteiger partial charge in [-0.15, -0.1) is 0 Å². The second-order valence-electron chi connectivity index (χ2n) is 10.3. The van der Waals surface area contributed by atoms with Crippen LogP contribution in [-0.4, -0.2) is 36.1 Å². The zero-order valence-electron chi connectivity index (χ0n) is 20.3. The van der Waals surface area contributed by atoms with Crippen molar-refractivity contribution in [3.05, 3.63) is 59.5 Å². The number of benzene rings is 2. The Kier molecular flexibility index (Phi) is 7.11. The maximum atomic E-state index is 15.4. The molecule has 1 heterocycles. The van der Waals surface area contributed by atoms with E-state index in [-0.39, 0.29) is 36.9 Å². The molecule has 1 fully saturated rings. The number of aliphatic hydroxyl groups excluding tert-OH is 1. The number of nitrogens with zero attached hydrogens (tertiary/aromatic N) is 1. The summed E-state index contributed by atoms with van der Waals surface area (Å²) in [6, 6.07) is 3.23. The van der Waals surface area contributed by atoms with Gasteiger partial charge in [0.1, 0.15) is 11.9 Å². The SMILES string of the molecule is CC(C)(CO)Cn1cc(C(NS(=O)(=O)C2CC2)C(F)(F)F)c2cc(F)c(-c3ccccc3C(F)(F)F)cc21. The molecule has 0 amide bonds. The second kappa shape index (κ2) is 9.53. The molecule has 13 heteroatoms. The summed E-state index contributed by atoms with van der Waals surface area (Å²) in [5.41, 5.74) is -3.65. The van der Waals surface area contributed by atoms with Gasteiger partial charge in [-0.05, 0) is 36.6 Å². The van der Waals surface area contributed by atoms with E-state index in [9.17, 15) is 39.9 Å². The highest BCUT2D eigenvalue weighted by Crippen LogP contribution is 2.43. The third-order valence-corrected chi connectivity index (χ3v) is 8.35. The van der Waals surface area contributed by atoms with Crippen LogP contribution in [0.4, 0.5) is 30.7 Å². The van der Waals surface area contributed by atoms with E-state index in [0.717, 1.165) is 30.5 Å². The van der Waals surface area contributed by atoms with E-state index in [0.29, 0.717) is 6.07 Å². The van der Waals surface area contributed by atoms with Crippen molar-refractivity contribution < 1.29 is 44.3 Å². The fraction of sp³-hybridized carbons (Fsp3) is 0.440. The lowest BCUT2D eigenvalue weighted by atomic mass is 9.94. The minimum atomic E-state index is -5.11. The average molecular weight is 567 g/mol. The number of aromatic nitrogens is 1. The molecule has 1 aliphatic carbocycles. The van der Waals surface area contributed by atoms with Crippen molar-refractivity contribution in [2.75, 3.05) is 6.61 Å². The highest BCUT2D eigenvalue weighted by Gasteiger charge is 2.48. The standard InChI is InChI=1S/C25H25F7N2O3S/c1-23(2,13-35)12-34-11-18(22(25(30,31)32)33-38(36,37)14-7-8-14)17-9-20(26)16(10-21(17)34)15-5-3-4-6-19(15)24(27,28)29/h3-6,9-11,14,22,33,35H,7-8,12-13H2,1-2H3. The molecule has 1 saturated carbocycles. The number of hydrogen-bond acceptors (Lipinski definition) is 3. The van der Waals surface area contributed by atoms with Gasteiger partial charge >= 0.3 is 12.4 Å². The molecule has 0 aliphatic heterocycles. The maximum absolute atomic E-state index is 15.4. The summed E-state index contributed by atoms with van der Waals surface area (Å²) in [5, 5.41) is 8.45. The Morgan fingerprint density at radius 1 is 1.05 bits per heavy atom. The highest BCUT2D eigenvalue weighted by molar-refractivity contribution is 7.90. The van der Waals surface area contributed by atoms with Crippen LogP contribution in [0, 0.1) is 11.2 Å². The lowest BCUT2D eigenvalue weighted by molar-refractivity contribution is -0.152. The quantitative estimate of drug-likeness (QED) is 0.321. The molecule has 1 atom stereocenters. The normalized spacial score (nSPS) is 16.3. The molecule has 0 bridgehead atoms. The summed E-state index contributed by atoms with van der Waals surface area (Å²) in [5.74, 6) is -1.21. The van der Waals surface area contributed by atoms with E-state index in [4.69, 9.17) is 0 Å². The van der Waals surface area contributed by atoms with Crippen molar-refractivity contribution in [3.8, 4) is 11.1 Å². The number of rotatable bonds is 8. The van der Waals surface area contributed by atoms with Crippen molar-refractivity contribution in [2.45, 2.75) is 56.9 Å². The minimum Gasteiger partial charge on any atom is -0.396 e. The van der Waals surface area contributed by atoms with E-state index in [1.165, 1.54) is 10.6 Å². The van der Waals surface area contributed by atoms with Crippen molar-refractivity contribution in [1.29, 1.82) is 0 Å². The van der Waals surface area contributed by atoms with Crippen LogP contribution in [0.2, 0.25) is 0 Å². The molecule has 0 saturated heterocycles. The predicted molar refractivity (Wildman–Crippen MR) is 127 cm³/mol. The van der Waals surface area contributed by atoms with Crippen LogP contribution in [0.15, 0.2) is 42.6 Å². The number of alkyl halides is 6. The summed E-state index contributed by atoms with van der Waals surface area (Å²) in [6.07, 6.45) is -8.50. The molecule has 0 spiro atoms. The molecule has 4 rings (SSSR count). The number of sulfonamides is 1. The Labute approximate surface area is 214 Å². The van der Waals surface area contributed by atoms with Crippen LogP contribution in [-0.2, 0) is 22.7 Å². The van der Waals surface area contributed by atoms with Crippen molar-refractivity contribution >= 4 is 20.9 Å². The molecular formula is C25H25F7N2O3S. The Balaban J connectivity index is 1.97.